The first-order valence-electron chi connectivity index (χ1n) is 9.22. The molecule has 1 unspecified atom stereocenters. The normalized spacial score (nSPS) is 12.3. The molecule has 2 N–H and O–H groups in total. The molecular formula is C20H35IN4O2. The van der Waals surface area contributed by atoms with E-state index in [1.165, 1.54) is 5.56 Å². The second-order valence-electron chi connectivity index (χ2n) is 7.21. The lowest BCUT2D eigenvalue weighted by molar-refractivity contribution is -0.127. The summed E-state index contributed by atoms with van der Waals surface area (Å²) in [6.45, 7) is 9.36. The lowest BCUT2D eigenvalue weighted by atomic mass is 10.2. The molecule has 1 aromatic rings. The lowest BCUT2D eigenvalue weighted by Gasteiger charge is -2.18. The number of halogens is 1. The molecule has 0 fully saturated rings. The number of hydrogen-bond donors (Lipinski definition) is 2. The van der Waals surface area contributed by atoms with Crippen LogP contribution in [0.3, 0.4) is 0 Å². The number of ether oxygens (including phenoxy) is 1. The summed E-state index contributed by atoms with van der Waals surface area (Å²) in [5.74, 6) is 1.48. The first kappa shape index (κ1) is 25.6. The molecule has 0 aromatic heterocycles. The molecular weight excluding hydrogens is 455 g/mol. The minimum absolute atomic E-state index is 0. The molecule has 1 atom stereocenters. The van der Waals surface area contributed by atoms with Crippen LogP contribution in [0.4, 0.5) is 0 Å². The third kappa shape index (κ3) is 12.6. The highest BCUT2D eigenvalue weighted by molar-refractivity contribution is 14.0. The Morgan fingerprint density at radius 2 is 1.74 bits per heavy atom. The Morgan fingerprint density at radius 3 is 2.33 bits per heavy atom. The van der Waals surface area contributed by atoms with Gasteiger partial charge < -0.3 is 20.3 Å². The molecule has 0 aliphatic heterocycles. The summed E-state index contributed by atoms with van der Waals surface area (Å²) >= 11 is 0. The van der Waals surface area contributed by atoms with Crippen molar-refractivity contribution in [1.82, 2.24) is 15.5 Å². The van der Waals surface area contributed by atoms with Gasteiger partial charge in [-0.15, -0.1) is 24.0 Å². The van der Waals surface area contributed by atoms with E-state index < -0.39 is 0 Å². The maximum Gasteiger partial charge on any atom is 0.243 e. The largest absolute Gasteiger partial charge is 0.376 e. The average Bonchev–Trinajstić information content (AvgIpc) is 2.61. The topological polar surface area (TPSA) is 66.0 Å². The van der Waals surface area contributed by atoms with Crippen molar-refractivity contribution in [2.45, 2.75) is 27.4 Å². The highest BCUT2D eigenvalue weighted by atomic mass is 127. The third-order valence-electron chi connectivity index (χ3n) is 3.68. The molecule has 154 valence electrons. The molecule has 0 radical (unpaired) electrons. The van der Waals surface area contributed by atoms with Gasteiger partial charge in [-0.2, -0.15) is 0 Å². The maximum absolute atomic E-state index is 11.7. The maximum atomic E-state index is 11.7. The van der Waals surface area contributed by atoms with Crippen LogP contribution >= 0.6 is 24.0 Å². The fraction of sp³-hybridized carbons (Fsp3) is 0.600. The lowest BCUT2D eigenvalue weighted by Crippen LogP contribution is -2.42. The number of likely N-dealkylation sites (N-methyl/N-ethyl adjacent to an activating group) is 1. The van der Waals surface area contributed by atoms with Gasteiger partial charge in [0, 0.05) is 27.2 Å². The first-order valence-corrected chi connectivity index (χ1v) is 9.22. The van der Waals surface area contributed by atoms with Crippen molar-refractivity contribution in [2.75, 3.05) is 40.3 Å². The molecule has 27 heavy (non-hydrogen) atoms. The Morgan fingerprint density at radius 1 is 1.11 bits per heavy atom. The molecule has 1 rings (SSSR count). The predicted molar refractivity (Wildman–Crippen MR) is 123 cm³/mol. The van der Waals surface area contributed by atoms with E-state index in [0.717, 1.165) is 13.1 Å². The fourth-order valence-electron chi connectivity index (χ4n) is 2.05. The summed E-state index contributed by atoms with van der Waals surface area (Å²) in [6, 6.07) is 10.2. The number of amides is 1. The second kappa shape index (κ2) is 14.7. The predicted octanol–water partition coefficient (Wildman–Crippen LogP) is 2.74. The quantitative estimate of drug-likeness (QED) is 0.301. The van der Waals surface area contributed by atoms with E-state index in [4.69, 9.17) is 4.74 Å². The Hall–Kier alpha value is -1.35. The van der Waals surface area contributed by atoms with E-state index >= 15 is 0 Å². The van der Waals surface area contributed by atoms with E-state index in [0.29, 0.717) is 31.0 Å². The Balaban J connectivity index is 0.00000676. The fourth-order valence-corrected chi connectivity index (χ4v) is 2.05. The number of aliphatic imine (C=N–C) groups is 1. The van der Waals surface area contributed by atoms with Crippen LogP contribution in [0.25, 0.3) is 0 Å². The SMILES string of the molecule is CC(C)CNC(=NCC(=O)N(C)C)NCC(C)COCc1ccccc1.I. The van der Waals surface area contributed by atoms with Gasteiger partial charge in [0.15, 0.2) is 5.96 Å². The van der Waals surface area contributed by atoms with Crippen LogP contribution in [0.15, 0.2) is 35.3 Å². The number of carbonyl (C=O) groups excluding carboxylic acids is 1. The molecule has 0 heterocycles. The van der Waals surface area contributed by atoms with Gasteiger partial charge in [-0.05, 0) is 17.4 Å². The van der Waals surface area contributed by atoms with Crippen LogP contribution < -0.4 is 10.6 Å². The summed E-state index contributed by atoms with van der Waals surface area (Å²) in [5, 5.41) is 6.58. The van der Waals surface area contributed by atoms with Crippen LogP contribution in [0.2, 0.25) is 0 Å². The van der Waals surface area contributed by atoms with Crippen molar-refractivity contribution in [3.8, 4) is 0 Å². The van der Waals surface area contributed by atoms with E-state index in [9.17, 15) is 4.79 Å². The molecule has 0 bridgehead atoms. The molecule has 0 saturated carbocycles. The van der Waals surface area contributed by atoms with Crippen LogP contribution in [-0.4, -0.2) is 57.1 Å². The zero-order chi connectivity index (χ0) is 19.4. The van der Waals surface area contributed by atoms with Gasteiger partial charge in [0.1, 0.15) is 6.54 Å². The van der Waals surface area contributed by atoms with Crippen molar-refractivity contribution in [2.24, 2.45) is 16.8 Å². The van der Waals surface area contributed by atoms with Gasteiger partial charge >= 0.3 is 0 Å². The van der Waals surface area contributed by atoms with Crippen LogP contribution in [0, 0.1) is 11.8 Å². The Kier molecular flexibility index (Phi) is 13.9. The second-order valence-corrected chi connectivity index (χ2v) is 7.21. The summed E-state index contributed by atoms with van der Waals surface area (Å²) in [4.78, 5) is 17.7. The number of carbonyl (C=O) groups is 1. The van der Waals surface area contributed by atoms with E-state index in [2.05, 4.69) is 48.5 Å². The molecule has 0 aliphatic carbocycles. The summed E-state index contributed by atoms with van der Waals surface area (Å²) in [5.41, 5.74) is 1.18. The highest BCUT2D eigenvalue weighted by Crippen LogP contribution is 2.02. The van der Waals surface area contributed by atoms with Gasteiger partial charge in [0.05, 0.1) is 13.2 Å². The summed E-state index contributed by atoms with van der Waals surface area (Å²) in [6.07, 6.45) is 0. The van der Waals surface area contributed by atoms with Crippen molar-refractivity contribution >= 4 is 35.8 Å². The summed E-state index contributed by atoms with van der Waals surface area (Å²) < 4.78 is 5.78. The van der Waals surface area contributed by atoms with Gasteiger partial charge in [-0.3, -0.25) is 4.79 Å². The standard InChI is InChI=1S/C20H34N4O2.HI/c1-16(2)11-21-20(23-13-19(25)24(4)5)22-12-17(3)14-26-15-18-9-7-6-8-10-18;/h6-10,16-17H,11-15H2,1-5H3,(H2,21,22,23);1H. The van der Waals surface area contributed by atoms with E-state index in [1.807, 2.05) is 18.2 Å². The number of benzene rings is 1. The highest BCUT2D eigenvalue weighted by Gasteiger charge is 2.08. The van der Waals surface area contributed by atoms with Crippen molar-refractivity contribution in [3.05, 3.63) is 35.9 Å². The number of hydrogen-bond acceptors (Lipinski definition) is 3. The van der Waals surface area contributed by atoms with Crippen molar-refractivity contribution in [1.29, 1.82) is 0 Å². The zero-order valence-electron chi connectivity index (χ0n) is 17.2. The molecule has 0 aliphatic rings. The number of guanidine groups is 1. The van der Waals surface area contributed by atoms with Gasteiger partial charge in [-0.25, -0.2) is 4.99 Å². The Bertz CT molecular complexity index is 550. The molecule has 1 amide bonds. The molecule has 0 saturated heterocycles. The minimum Gasteiger partial charge on any atom is -0.376 e. The Labute approximate surface area is 181 Å². The van der Waals surface area contributed by atoms with E-state index in [1.54, 1.807) is 19.0 Å². The smallest absolute Gasteiger partial charge is 0.243 e. The van der Waals surface area contributed by atoms with Crippen molar-refractivity contribution < 1.29 is 9.53 Å². The van der Waals surface area contributed by atoms with Crippen LogP contribution in [0.1, 0.15) is 26.3 Å². The van der Waals surface area contributed by atoms with Gasteiger partial charge in [0.25, 0.3) is 0 Å². The number of nitrogens with zero attached hydrogens (tertiary/aromatic N) is 2. The molecule has 6 nitrogen and oxygen atoms in total. The van der Waals surface area contributed by atoms with Gasteiger partial charge in [0.2, 0.25) is 5.91 Å². The van der Waals surface area contributed by atoms with Gasteiger partial charge in [-0.1, -0.05) is 51.1 Å². The molecule has 7 heteroatoms. The zero-order valence-corrected chi connectivity index (χ0v) is 19.5. The van der Waals surface area contributed by atoms with Crippen molar-refractivity contribution in [3.63, 3.8) is 0 Å². The average molecular weight is 490 g/mol. The van der Waals surface area contributed by atoms with E-state index in [-0.39, 0.29) is 36.4 Å². The summed E-state index contributed by atoms with van der Waals surface area (Å²) in [7, 11) is 3.47. The number of nitrogens with one attached hydrogen (secondary N) is 2. The van der Waals surface area contributed by atoms with Crippen LogP contribution in [-0.2, 0) is 16.1 Å². The van der Waals surface area contributed by atoms with Crippen LogP contribution in [0.5, 0.6) is 0 Å². The molecule has 0 spiro atoms. The first-order chi connectivity index (χ1) is 12.4. The monoisotopic (exact) mass is 490 g/mol. The number of rotatable bonds is 10. The minimum atomic E-state index is -0.0186. The molecule has 1 aromatic carbocycles. The third-order valence-corrected chi connectivity index (χ3v) is 3.68.